The van der Waals surface area contributed by atoms with Gasteiger partial charge in [-0.25, -0.2) is 0 Å². The molecule has 0 bridgehead atoms. The van der Waals surface area contributed by atoms with Crippen LogP contribution in [0.2, 0.25) is 0 Å². The Morgan fingerprint density at radius 3 is 2.59 bits per heavy atom. The number of aliphatic hydroxyl groups excluding tert-OH is 1. The van der Waals surface area contributed by atoms with Crippen LogP contribution in [0.25, 0.3) is 0 Å². The fraction of sp³-hybridized carbons (Fsp3) is 0.462. The van der Waals surface area contributed by atoms with Gasteiger partial charge in [0, 0.05) is 13.1 Å². The summed E-state index contributed by atoms with van der Waals surface area (Å²) in [6.45, 7) is 3.52. The van der Waals surface area contributed by atoms with Crippen molar-refractivity contribution >= 4 is 5.91 Å². The van der Waals surface area contributed by atoms with Crippen molar-refractivity contribution in [2.45, 2.75) is 19.4 Å². The maximum Gasteiger partial charge on any atom is 0.227 e. The summed E-state index contributed by atoms with van der Waals surface area (Å²) in [5.41, 5.74) is 0.972. The number of aliphatic hydroxyl groups is 1. The first kappa shape index (κ1) is 11.9. The molecule has 0 unspecified atom stereocenters. The molecule has 0 aromatic heterocycles. The lowest BCUT2D eigenvalue weighted by atomic mass is 10.1. The zero-order valence-corrected chi connectivity index (χ0v) is 9.93. The van der Waals surface area contributed by atoms with Gasteiger partial charge < -0.3 is 14.7 Å². The molecule has 4 heteroatoms. The molecule has 2 rings (SSSR count). The van der Waals surface area contributed by atoms with Gasteiger partial charge in [0.15, 0.2) is 0 Å². The molecule has 1 aromatic rings. The van der Waals surface area contributed by atoms with Crippen molar-refractivity contribution < 1.29 is 14.6 Å². The standard InChI is InChI=1S/C13H17NO3/c1-2-17-12-5-3-10(4-6-12)7-13(16)14-8-11(15)9-14/h3-6,11,15H,2,7-9H2,1H3. The van der Waals surface area contributed by atoms with Crippen LogP contribution in [0.15, 0.2) is 24.3 Å². The Morgan fingerprint density at radius 2 is 2.06 bits per heavy atom. The van der Waals surface area contributed by atoms with Crippen molar-refractivity contribution in [3.63, 3.8) is 0 Å². The van der Waals surface area contributed by atoms with Gasteiger partial charge in [0.05, 0.1) is 19.1 Å². The predicted molar refractivity (Wildman–Crippen MR) is 63.9 cm³/mol. The highest BCUT2D eigenvalue weighted by Crippen LogP contribution is 2.15. The third-order valence-electron chi connectivity index (χ3n) is 2.80. The molecule has 4 nitrogen and oxygen atoms in total. The molecule has 0 saturated carbocycles. The number of β-amino-alcohol motifs (C(OH)–C–C–N with tert-alkyl or cyclic N) is 1. The van der Waals surface area contributed by atoms with Crippen LogP contribution in [0.1, 0.15) is 12.5 Å². The quantitative estimate of drug-likeness (QED) is 0.841. The molecule has 0 radical (unpaired) electrons. The average molecular weight is 235 g/mol. The van der Waals surface area contributed by atoms with Crippen molar-refractivity contribution in [1.82, 2.24) is 4.90 Å². The van der Waals surface area contributed by atoms with Gasteiger partial charge in [-0.15, -0.1) is 0 Å². The highest BCUT2D eigenvalue weighted by atomic mass is 16.5. The number of carbonyl (C=O) groups excluding carboxylic acids is 1. The molecular formula is C13H17NO3. The number of nitrogens with zero attached hydrogens (tertiary/aromatic N) is 1. The minimum absolute atomic E-state index is 0.0689. The molecule has 1 heterocycles. The van der Waals surface area contributed by atoms with E-state index in [0.717, 1.165) is 11.3 Å². The maximum absolute atomic E-state index is 11.7. The highest BCUT2D eigenvalue weighted by Gasteiger charge is 2.28. The summed E-state index contributed by atoms with van der Waals surface area (Å²) < 4.78 is 5.33. The lowest BCUT2D eigenvalue weighted by Gasteiger charge is -2.35. The third kappa shape index (κ3) is 2.97. The summed E-state index contributed by atoms with van der Waals surface area (Å²) in [6, 6.07) is 7.55. The lowest BCUT2D eigenvalue weighted by molar-refractivity contribution is -0.140. The SMILES string of the molecule is CCOc1ccc(CC(=O)N2CC(O)C2)cc1. The zero-order chi connectivity index (χ0) is 12.3. The molecular weight excluding hydrogens is 218 g/mol. The van der Waals surface area contributed by atoms with Gasteiger partial charge >= 0.3 is 0 Å². The van der Waals surface area contributed by atoms with Crippen molar-refractivity contribution in [3.8, 4) is 5.75 Å². The van der Waals surface area contributed by atoms with E-state index in [4.69, 9.17) is 9.84 Å². The second-order valence-corrected chi connectivity index (χ2v) is 4.21. The molecule has 0 spiro atoms. The number of ether oxygens (including phenoxy) is 1. The Balaban J connectivity index is 1.88. The van der Waals surface area contributed by atoms with Gasteiger partial charge in [-0.2, -0.15) is 0 Å². The molecule has 1 aliphatic heterocycles. The monoisotopic (exact) mass is 235 g/mol. The summed E-state index contributed by atoms with van der Waals surface area (Å²) in [6.07, 6.45) is 0.0540. The van der Waals surface area contributed by atoms with Crippen LogP contribution in [0, 0.1) is 0 Å². The second kappa shape index (κ2) is 5.19. The van der Waals surface area contributed by atoms with E-state index in [9.17, 15) is 4.79 Å². The van der Waals surface area contributed by atoms with Crippen molar-refractivity contribution in [3.05, 3.63) is 29.8 Å². The molecule has 1 amide bonds. The van der Waals surface area contributed by atoms with Gasteiger partial charge in [0.2, 0.25) is 5.91 Å². The number of amides is 1. The van der Waals surface area contributed by atoms with Crippen LogP contribution in [0.4, 0.5) is 0 Å². The largest absolute Gasteiger partial charge is 0.494 e. The molecule has 17 heavy (non-hydrogen) atoms. The van der Waals surface area contributed by atoms with Crippen LogP contribution >= 0.6 is 0 Å². The molecule has 1 fully saturated rings. The van der Waals surface area contributed by atoms with Gasteiger partial charge in [-0.1, -0.05) is 12.1 Å². The first-order valence-corrected chi connectivity index (χ1v) is 5.86. The number of hydrogen-bond acceptors (Lipinski definition) is 3. The first-order chi connectivity index (χ1) is 8.19. The summed E-state index contributed by atoms with van der Waals surface area (Å²) in [5.74, 6) is 0.891. The lowest BCUT2D eigenvalue weighted by Crippen LogP contribution is -2.53. The van der Waals surface area contributed by atoms with Crippen molar-refractivity contribution in [1.29, 1.82) is 0 Å². The van der Waals surface area contributed by atoms with E-state index in [1.54, 1.807) is 4.90 Å². The average Bonchev–Trinajstić information content (AvgIpc) is 2.28. The number of carbonyl (C=O) groups is 1. The fourth-order valence-electron chi connectivity index (χ4n) is 1.82. The van der Waals surface area contributed by atoms with Gasteiger partial charge in [-0.3, -0.25) is 4.79 Å². The Labute approximate surface area is 101 Å². The minimum atomic E-state index is -0.334. The molecule has 1 aliphatic rings. The Morgan fingerprint density at radius 1 is 1.41 bits per heavy atom. The summed E-state index contributed by atoms with van der Waals surface area (Å²) >= 11 is 0. The van der Waals surface area contributed by atoms with E-state index in [1.165, 1.54) is 0 Å². The van der Waals surface area contributed by atoms with E-state index < -0.39 is 0 Å². The Hall–Kier alpha value is -1.55. The Kier molecular flexibility index (Phi) is 3.64. The molecule has 1 saturated heterocycles. The summed E-state index contributed by atoms with van der Waals surface area (Å²) in [4.78, 5) is 13.4. The van der Waals surface area contributed by atoms with Crippen LogP contribution in [0.3, 0.4) is 0 Å². The molecule has 1 N–H and O–H groups in total. The van der Waals surface area contributed by atoms with E-state index in [1.807, 2.05) is 31.2 Å². The van der Waals surface area contributed by atoms with Gasteiger partial charge in [0.25, 0.3) is 0 Å². The molecule has 92 valence electrons. The van der Waals surface area contributed by atoms with Gasteiger partial charge in [-0.05, 0) is 24.6 Å². The third-order valence-corrected chi connectivity index (χ3v) is 2.80. The Bertz CT molecular complexity index is 382. The van der Waals surface area contributed by atoms with E-state index >= 15 is 0 Å². The fourth-order valence-corrected chi connectivity index (χ4v) is 1.82. The van der Waals surface area contributed by atoms with E-state index in [0.29, 0.717) is 26.1 Å². The van der Waals surface area contributed by atoms with E-state index in [-0.39, 0.29) is 12.0 Å². The smallest absolute Gasteiger partial charge is 0.227 e. The normalized spacial score (nSPS) is 15.5. The maximum atomic E-state index is 11.7. The molecule has 1 aromatic carbocycles. The number of benzene rings is 1. The van der Waals surface area contributed by atoms with Crippen LogP contribution in [-0.4, -0.2) is 41.7 Å². The van der Waals surface area contributed by atoms with Crippen LogP contribution < -0.4 is 4.74 Å². The topological polar surface area (TPSA) is 49.8 Å². The molecule has 0 aliphatic carbocycles. The second-order valence-electron chi connectivity index (χ2n) is 4.21. The minimum Gasteiger partial charge on any atom is -0.494 e. The summed E-state index contributed by atoms with van der Waals surface area (Å²) in [5, 5.41) is 9.12. The highest BCUT2D eigenvalue weighted by molar-refractivity contribution is 5.79. The van der Waals surface area contributed by atoms with Crippen molar-refractivity contribution in [2.75, 3.05) is 19.7 Å². The number of likely N-dealkylation sites (tertiary alicyclic amines) is 1. The van der Waals surface area contributed by atoms with Crippen LogP contribution in [-0.2, 0) is 11.2 Å². The number of rotatable bonds is 4. The van der Waals surface area contributed by atoms with Gasteiger partial charge in [0.1, 0.15) is 5.75 Å². The first-order valence-electron chi connectivity index (χ1n) is 5.86. The molecule has 0 atom stereocenters. The predicted octanol–water partition coefficient (Wildman–Crippen LogP) is 0.831. The zero-order valence-electron chi connectivity index (χ0n) is 9.93. The van der Waals surface area contributed by atoms with E-state index in [2.05, 4.69) is 0 Å². The van der Waals surface area contributed by atoms with Crippen molar-refractivity contribution in [2.24, 2.45) is 0 Å². The summed E-state index contributed by atoms with van der Waals surface area (Å²) in [7, 11) is 0. The van der Waals surface area contributed by atoms with Crippen LogP contribution in [0.5, 0.6) is 5.75 Å². The number of hydrogen-bond donors (Lipinski definition) is 1.